The number of fused-ring (bicyclic) bond motifs is 2. The summed E-state index contributed by atoms with van der Waals surface area (Å²) in [5.74, 6) is -0.0408. The number of carbonyl (C=O) groups is 1. The predicted molar refractivity (Wildman–Crippen MR) is 97.0 cm³/mol. The van der Waals surface area contributed by atoms with E-state index in [-0.39, 0.29) is 18.0 Å². The van der Waals surface area contributed by atoms with Crippen molar-refractivity contribution >= 4 is 23.0 Å². The normalized spacial score (nSPS) is 20.4. The van der Waals surface area contributed by atoms with Gasteiger partial charge >= 0.3 is 0 Å². The van der Waals surface area contributed by atoms with E-state index in [1.54, 1.807) is 12.5 Å². The number of nitrogens with zero attached hydrogens (tertiary/aromatic N) is 2. The summed E-state index contributed by atoms with van der Waals surface area (Å²) in [6, 6.07) is 12.4. The summed E-state index contributed by atoms with van der Waals surface area (Å²) in [5, 5.41) is 9.92. The monoisotopic (exact) mass is 331 g/mol. The molecule has 0 radical (unpaired) electrons. The van der Waals surface area contributed by atoms with Gasteiger partial charge in [-0.25, -0.2) is 4.98 Å². The molecule has 6 heteroatoms. The van der Waals surface area contributed by atoms with Gasteiger partial charge in [0.25, 0.3) is 0 Å². The van der Waals surface area contributed by atoms with Crippen LogP contribution in [-0.2, 0) is 4.79 Å². The first-order chi connectivity index (χ1) is 12.2. The SMILES string of the molecule is CC1C(=O)Nc2cc3c(cc21)NC(c1ccc(-n2ccnc2)cc1)N3. The lowest BCUT2D eigenvalue weighted by molar-refractivity contribution is -0.116. The predicted octanol–water partition coefficient (Wildman–Crippen LogP) is 3.46. The maximum absolute atomic E-state index is 11.8. The number of rotatable bonds is 2. The zero-order valence-corrected chi connectivity index (χ0v) is 13.7. The van der Waals surface area contributed by atoms with Gasteiger partial charge in [-0.3, -0.25) is 4.79 Å². The Bertz CT molecular complexity index is 962. The molecule has 6 nitrogen and oxygen atoms in total. The van der Waals surface area contributed by atoms with E-state index >= 15 is 0 Å². The van der Waals surface area contributed by atoms with Gasteiger partial charge in [-0.05, 0) is 42.3 Å². The summed E-state index contributed by atoms with van der Waals surface area (Å²) < 4.78 is 1.97. The summed E-state index contributed by atoms with van der Waals surface area (Å²) in [6.45, 7) is 1.93. The molecule has 0 spiro atoms. The smallest absolute Gasteiger partial charge is 0.231 e. The summed E-state index contributed by atoms with van der Waals surface area (Å²) in [6.07, 6.45) is 5.49. The lowest BCUT2D eigenvalue weighted by Crippen LogP contribution is -2.12. The van der Waals surface area contributed by atoms with Crippen molar-refractivity contribution in [3.63, 3.8) is 0 Å². The van der Waals surface area contributed by atoms with E-state index in [0.717, 1.165) is 33.9 Å². The van der Waals surface area contributed by atoms with Gasteiger partial charge in [0, 0.05) is 23.8 Å². The first-order valence-electron chi connectivity index (χ1n) is 8.29. The van der Waals surface area contributed by atoms with E-state index in [0.29, 0.717) is 0 Å². The Morgan fingerprint density at radius 2 is 1.80 bits per heavy atom. The molecule has 0 fully saturated rings. The average molecular weight is 331 g/mol. The molecule has 25 heavy (non-hydrogen) atoms. The number of anilines is 3. The van der Waals surface area contributed by atoms with Gasteiger partial charge in [-0.1, -0.05) is 12.1 Å². The minimum Gasteiger partial charge on any atom is -0.360 e. The Labute approximate surface area is 144 Å². The fraction of sp³-hybridized carbons (Fsp3) is 0.158. The molecular weight excluding hydrogens is 314 g/mol. The van der Waals surface area contributed by atoms with E-state index in [9.17, 15) is 4.79 Å². The maximum Gasteiger partial charge on any atom is 0.231 e. The van der Waals surface area contributed by atoms with Crippen LogP contribution >= 0.6 is 0 Å². The highest BCUT2D eigenvalue weighted by atomic mass is 16.2. The molecule has 2 aliphatic rings. The van der Waals surface area contributed by atoms with Crippen molar-refractivity contribution < 1.29 is 4.79 Å². The summed E-state index contributed by atoms with van der Waals surface area (Å²) in [4.78, 5) is 15.9. The molecule has 2 aromatic carbocycles. The molecular formula is C19H17N5O. The van der Waals surface area contributed by atoms with Gasteiger partial charge in [0.2, 0.25) is 5.91 Å². The van der Waals surface area contributed by atoms with Gasteiger partial charge in [0.1, 0.15) is 6.17 Å². The van der Waals surface area contributed by atoms with Crippen LogP contribution < -0.4 is 16.0 Å². The zero-order valence-electron chi connectivity index (χ0n) is 13.7. The van der Waals surface area contributed by atoms with Gasteiger partial charge in [-0.15, -0.1) is 0 Å². The number of amides is 1. The highest BCUT2D eigenvalue weighted by Gasteiger charge is 2.30. The first kappa shape index (κ1) is 14.1. The molecule has 2 aliphatic heterocycles. The number of nitrogens with one attached hydrogen (secondary N) is 3. The van der Waals surface area contributed by atoms with Crippen LogP contribution in [0.5, 0.6) is 0 Å². The standard InChI is InChI=1S/C19H17N5O/c1-11-14-8-16-17(9-15(14)23-19(11)25)22-18(21-16)12-2-4-13(5-3-12)24-7-6-20-10-24/h2-11,18,21-22H,1H3,(H,23,25). The van der Waals surface area contributed by atoms with E-state index in [4.69, 9.17) is 0 Å². The first-order valence-corrected chi connectivity index (χ1v) is 8.29. The van der Waals surface area contributed by atoms with E-state index in [1.807, 2.05) is 23.8 Å². The molecule has 0 aliphatic carbocycles. The Morgan fingerprint density at radius 3 is 2.52 bits per heavy atom. The van der Waals surface area contributed by atoms with E-state index in [1.165, 1.54) is 0 Å². The minimum atomic E-state index is -0.101. The van der Waals surface area contributed by atoms with Crippen molar-refractivity contribution in [2.24, 2.45) is 0 Å². The van der Waals surface area contributed by atoms with Crippen LogP contribution in [0.4, 0.5) is 17.1 Å². The fourth-order valence-electron chi connectivity index (χ4n) is 3.47. The number of aromatic nitrogens is 2. The van der Waals surface area contributed by atoms with Crippen molar-refractivity contribution in [2.75, 3.05) is 16.0 Å². The maximum atomic E-state index is 11.8. The number of hydrogen-bond donors (Lipinski definition) is 3. The van der Waals surface area contributed by atoms with Crippen LogP contribution in [0.1, 0.15) is 30.1 Å². The van der Waals surface area contributed by atoms with Crippen LogP contribution in [0.15, 0.2) is 55.1 Å². The molecule has 3 N–H and O–H groups in total. The fourth-order valence-corrected chi connectivity index (χ4v) is 3.47. The number of benzene rings is 2. The van der Waals surface area contributed by atoms with Crippen LogP contribution in [0, 0.1) is 0 Å². The van der Waals surface area contributed by atoms with Gasteiger partial charge < -0.3 is 20.5 Å². The van der Waals surface area contributed by atoms with Crippen LogP contribution in [-0.4, -0.2) is 15.5 Å². The van der Waals surface area contributed by atoms with Crippen LogP contribution in [0.3, 0.4) is 0 Å². The molecule has 2 atom stereocenters. The molecule has 3 aromatic rings. The molecule has 5 rings (SSSR count). The summed E-state index contributed by atoms with van der Waals surface area (Å²) in [7, 11) is 0. The topological polar surface area (TPSA) is 71.0 Å². The Morgan fingerprint density at radius 1 is 1.04 bits per heavy atom. The second-order valence-corrected chi connectivity index (χ2v) is 6.48. The highest BCUT2D eigenvalue weighted by Crippen LogP contribution is 2.43. The van der Waals surface area contributed by atoms with Crippen molar-refractivity contribution in [2.45, 2.75) is 19.0 Å². The number of hydrogen-bond acceptors (Lipinski definition) is 4. The van der Waals surface area contributed by atoms with Crippen LogP contribution in [0.25, 0.3) is 5.69 Å². The lowest BCUT2D eigenvalue weighted by atomic mass is 10.0. The quantitative estimate of drug-likeness (QED) is 0.672. The average Bonchev–Trinajstić information content (AvgIpc) is 3.34. The molecule has 3 heterocycles. The summed E-state index contributed by atoms with van der Waals surface area (Å²) in [5.41, 5.74) is 6.23. The zero-order chi connectivity index (χ0) is 17.0. The molecule has 0 saturated carbocycles. The Kier molecular flexibility index (Phi) is 2.88. The number of imidazole rings is 1. The van der Waals surface area contributed by atoms with E-state index < -0.39 is 0 Å². The van der Waals surface area contributed by atoms with Crippen molar-refractivity contribution in [1.82, 2.24) is 9.55 Å². The number of carbonyl (C=O) groups excluding carboxylic acids is 1. The van der Waals surface area contributed by atoms with Gasteiger partial charge in [0.15, 0.2) is 0 Å². The third kappa shape index (κ3) is 2.18. The van der Waals surface area contributed by atoms with Crippen molar-refractivity contribution in [3.05, 3.63) is 66.2 Å². The van der Waals surface area contributed by atoms with Crippen molar-refractivity contribution in [3.8, 4) is 5.69 Å². The molecule has 1 amide bonds. The van der Waals surface area contributed by atoms with Crippen LogP contribution in [0.2, 0.25) is 0 Å². The minimum absolute atomic E-state index is 0.0142. The lowest BCUT2D eigenvalue weighted by Gasteiger charge is -2.13. The Hall–Kier alpha value is -3.28. The third-order valence-electron chi connectivity index (χ3n) is 4.94. The molecule has 2 unspecified atom stereocenters. The van der Waals surface area contributed by atoms with Gasteiger partial charge in [0.05, 0.1) is 23.6 Å². The third-order valence-corrected chi connectivity index (χ3v) is 4.94. The second-order valence-electron chi connectivity index (χ2n) is 6.48. The largest absolute Gasteiger partial charge is 0.360 e. The molecule has 0 bridgehead atoms. The highest BCUT2D eigenvalue weighted by molar-refractivity contribution is 6.04. The Balaban J connectivity index is 1.41. The van der Waals surface area contributed by atoms with Crippen molar-refractivity contribution in [1.29, 1.82) is 0 Å². The summed E-state index contributed by atoms with van der Waals surface area (Å²) >= 11 is 0. The van der Waals surface area contributed by atoms with Gasteiger partial charge in [-0.2, -0.15) is 0 Å². The van der Waals surface area contributed by atoms with E-state index in [2.05, 4.69) is 51.3 Å². The molecule has 0 saturated heterocycles. The molecule has 1 aromatic heterocycles. The molecule has 124 valence electrons. The second kappa shape index (κ2) is 5.11.